The van der Waals surface area contributed by atoms with Gasteiger partial charge in [-0.15, -0.1) is 17.9 Å². The van der Waals surface area contributed by atoms with Gasteiger partial charge in [0.25, 0.3) is 0 Å². The van der Waals surface area contributed by atoms with Crippen molar-refractivity contribution < 1.29 is 19.4 Å². The summed E-state index contributed by atoms with van der Waals surface area (Å²) in [5, 5.41) is 18.1. The maximum atomic E-state index is 12.0. The van der Waals surface area contributed by atoms with Gasteiger partial charge in [0.05, 0.1) is 25.3 Å². The highest BCUT2D eigenvalue weighted by Gasteiger charge is 2.20. The average Bonchev–Trinajstić information content (AvgIpc) is 3.17. The Balaban J connectivity index is 1.90. The van der Waals surface area contributed by atoms with Crippen molar-refractivity contribution in [1.82, 2.24) is 10.3 Å². The Kier molecular flexibility index (Phi) is 6.45. The molecule has 6 nitrogen and oxygen atoms in total. The third-order valence-electron chi connectivity index (χ3n) is 2.82. The summed E-state index contributed by atoms with van der Waals surface area (Å²) in [5.41, 5.74) is 1.64. The predicted octanol–water partition coefficient (Wildman–Crippen LogP) is 2.19. The number of hydrogen-bond donors (Lipinski definition) is 2. The monoisotopic (exact) mass is 352 g/mol. The van der Waals surface area contributed by atoms with E-state index in [1.54, 1.807) is 16.7 Å². The summed E-state index contributed by atoms with van der Waals surface area (Å²) < 4.78 is 5.08. The van der Waals surface area contributed by atoms with Crippen molar-refractivity contribution in [2.24, 2.45) is 0 Å². The highest BCUT2D eigenvalue weighted by Crippen LogP contribution is 2.25. The van der Waals surface area contributed by atoms with E-state index in [0.29, 0.717) is 5.69 Å². The van der Waals surface area contributed by atoms with E-state index in [0.717, 1.165) is 10.6 Å². The molecule has 0 radical (unpaired) electrons. The van der Waals surface area contributed by atoms with Gasteiger partial charge in [-0.3, -0.25) is 4.79 Å². The number of thiophene rings is 1. The smallest absolute Gasteiger partial charge is 0.328 e. The minimum absolute atomic E-state index is 0.0336. The lowest BCUT2D eigenvalue weighted by molar-refractivity contribution is -0.143. The van der Waals surface area contributed by atoms with Crippen LogP contribution in [0.4, 0.5) is 0 Å². The number of ether oxygens (including phenoxy) is 1. The topological polar surface area (TPSA) is 88.5 Å². The van der Waals surface area contributed by atoms with Gasteiger partial charge in [-0.1, -0.05) is 6.08 Å². The van der Waals surface area contributed by atoms with E-state index < -0.39 is 17.9 Å². The second-order valence-corrected chi connectivity index (χ2v) is 6.26. The fourth-order valence-corrected chi connectivity index (χ4v) is 3.29. The number of aliphatic carboxylic acids is 1. The standard InChI is InChI=1S/C15H16N2O4S2/c1-2-4-21-7-12(15(19)20)17-13(18)6-11-9-23-14(16-11)10-3-5-22-8-10/h2-3,5,8-9,12H,1,4,6-7H2,(H,17,18)(H,19,20). The zero-order valence-corrected chi connectivity index (χ0v) is 13.9. The van der Waals surface area contributed by atoms with E-state index in [1.165, 1.54) is 17.4 Å². The van der Waals surface area contributed by atoms with Gasteiger partial charge in [0, 0.05) is 16.3 Å². The normalized spacial score (nSPS) is 11.8. The maximum absolute atomic E-state index is 12.0. The van der Waals surface area contributed by atoms with Crippen LogP contribution < -0.4 is 5.32 Å². The Morgan fingerprint density at radius 1 is 1.48 bits per heavy atom. The molecule has 122 valence electrons. The molecule has 1 unspecified atom stereocenters. The molecule has 1 atom stereocenters. The molecule has 23 heavy (non-hydrogen) atoms. The van der Waals surface area contributed by atoms with Crippen LogP contribution in [-0.4, -0.2) is 41.2 Å². The molecule has 2 rings (SSSR count). The minimum Gasteiger partial charge on any atom is -0.480 e. The summed E-state index contributed by atoms with van der Waals surface area (Å²) in [6.45, 7) is 3.60. The SMILES string of the molecule is C=CCOCC(NC(=O)Cc1csc(-c2ccsc2)n1)C(=O)O. The molecule has 0 aliphatic carbocycles. The van der Waals surface area contributed by atoms with Gasteiger partial charge in [-0.2, -0.15) is 11.3 Å². The molecule has 2 N–H and O–H groups in total. The van der Waals surface area contributed by atoms with Crippen LogP contribution >= 0.6 is 22.7 Å². The molecular formula is C15H16N2O4S2. The summed E-state index contributed by atoms with van der Waals surface area (Å²) in [7, 11) is 0. The first-order valence-electron chi connectivity index (χ1n) is 6.78. The molecule has 0 bridgehead atoms. The Hall–Kier alpha value is -2.03. The first-order chi connectivity index (χ1) is 11.1. The lowest BCUT2D eigenvalue weighted by Crippen LogP contribution is -2.44. The quantitative estimate of drug-likeness (QED) is 0.533. The predicted molar refractivity (Wildman–Crippen MR) is 89.7 cm³/mol. The van der Waals surface area contributed by atoms with E-state index in [-0.39, 0.29) is 19.6 Å². The van der Waals surface area contributed by atoms with Crippen LogP contribution in [0.2, 0.25) is 0 Å². The number of nitrogens with zero attached hydrogens (tertiary/aromatic N) is 1. The number of carbonyl (C=O) groups excluding carboxylic acids is 1. The summed E-state index contributed by atoms with van der Waals surface area (Å²) in [6.07, 6.45) is 1.55. The van der Waals surface area contributed by atoms with Crippen LogP contribution in [0.25, 0.3) is 10.6 Å². The Bertz CT molecular complexity index is 667. The second-order valence-electron chi connectivity index (χ2n) is 4.62. The fourth-order valence-electron chi connectivity index (χ4n) is 1.76. The second kappa shape index (κ2) is 8.56. The van der Waals surface area contributed by atoms with E-state index in [1.807, 2.05) is 16.8 Å². The Labute approximate surface area is 141 Å². The van der Waals surface area contributed by atoms with Crippen LogP contribution in [0.1, 0.15) is 5.69 Å². The number of carboxylic acid groups (broad SMARTS) is 1. The summed E-state index contributed by atoms with van der Waals surface area (Å²) >= 11 is 3.03. The van der Waals surface area contributed by atoms with Gasteiger partial charge in [-0.25, -0.2) is 9.78 Å². The fraction of sp³-hybridized carbons (Fsp3) is 0.267. The van der Waals surface area contributed by atoms with Gasteiger partial charge < -0.3 is 15.2 Å². The lowest BCUT2D eigenvalue weighted by atomic mass is 10.2. The van der Waals surface area contributed by atoms with Crippen LogP contribution in [0.3, 0.4) is 0 Å². The van der Waals surface area contributed by atoms with Crippen molar-refractivity contribution in [1.29, 1.82) is 0 Å². The third-order valence-corrected chi connectivity index (χ3v) is 4.44. The van der Waals surface area contributed by atoms with Gasteiger partial charge in [0.2, 0.25) is 5.91 Å². The third kappa shape index (κ3) is 5.27. The Morgan fingerprint density at radius 3 is 2.96 bits per heavy atom. The molecule has 0 aliphatic heterocycles. The molecule has 0 saturated heterocycles. The van der Waals surface area contributed by atoms with E-state index >= 15 is 0 Å². The highest BCUT2D eigenvalue weighted by molar-refractivity contribution is 7.14. The molecule has 0 aromatic carbocycles. The average molecular weight is 352 g/mol. The molecule has 0 saturated carbocycles. The van der Waals surface area contributed by atoms with Crippen molar-refractivity contribution in [3.05, 3.63) is 40.6 Å². The number of carbonyl (C=O) groups is 2. The number of nitrogens with one attached hydrogen (secondary N) is 1. The first-order valence-corrected chi connectivity index (χ1v) is 8.60. The van der Waals surface area contributed by atoms with E-state index in [2.05, 4.69) is 16.9 Å². The molecule has 1 amide bonds. The molecule has 0 aliphatic rings. The maximum Gasteiger partial charge on any atom is 0.328 e. The van der Waals surface area contributed by atoms with Crippen LogP contribution in [0, 0.1) is 0 Å². The van der Waals surface area contributed by atoms with Gasteiger partial charge in [0.15, 0.2) is 6.04 Å². The first kappa shape index (κ1) is 17.3. The van der Waals surface area contributed by atoms with Crippen molar-refractivity contribution in [2.75, 3.05) is 13.2 Å². The zero-order valence-electron chi connectivity index (χ0n) is 12.2. The van der Waals surface area contributed by atoms with Crippen LogP contribution in [-0.2, 0) is 20.7 Å². The molecule has 0 spiro atoms. The van der Waals surface area contributed by atoms with Crippen molar-refractivity contribution >= 4 is 34.6 Å². The highest BCUT2D eigenvalue weighted by atomic mass is 32.1. The van der Waals surface area contributed by atoms with Crippen LogP contribution in [0.15, 0.2) is 34.9 Å². The largest absolute Gasteiger partial charge is 0.480 e. The number of hydrogen-bond acceptors (Lipinski definition) is 6. The summed E-state index contributed by atoms with van der Waals surface area (Å²) in [4.78, 5) is 27.5. The van der Waals surface area contributed by atoms with Gasteiger partial charge >= 0.3 is 5.97 Å². The lowest BCUT2D eigenvalue weighted by Gasteiger charge is -2.13. The number of carboxylic acids is 1. The molecule has 8 heteroatoms. The van der Waals surface area contributed by atoms with Gasteiger partial charge in [0.1, 0.15) is 5.01 Å². The van der Waals surface area contributed by atoms with Crippen molar-refractivity contribution in [3.8, 4) is 10.6 Å². The van der Waals surface area contributed by atoms with Crippen LogP contribution in [0.5, 0.6) is 0 Å². The van der Waals surface area contributed by atoms with Crippen molar-refractivity contribution in [2.45, 2.75) is 12.5 Å². The number of aromatic nitrogens is 1. The summed E-state index contributed by atoms with van der Waals surface area (Å²) in [6, 6.07) is 0.877. The molecular weight excluding hydrogens is 336 g/mol. The van der Waals surface area contributed by atoms with E-state index in [4.69, 9.17) is 9.84 Å². The molecule has 0 fully saturated rings. The summed E-state index contributed by atoms with van der Waals surface area (Å²) in [5.74, 6) is -1.54. The molecule has 2 heterocycles. The van der Waals surface area contributed by atoms with E-state index in [9.17, 15) is 9.59 Å². The number of thiazole rings is 1. The minimum atomic E-state index is -1.14. The number of rotatable bonds is 9. The van der Waals surface area contributed by atoms with Crippen molar-refractivity contribution in [3.63, 3.8) is 0 Å². The number of amides is 1. The Morgan fingerprint density at radius 2 is 2.30 bits per heavy atom. The molecule has 2 aromatic heterocycles. The zero-order chi connectivity index (χ0) is 16.7. The van der Waals surface area contributed by atoms with Gasteiger partial charge in [-0.05, 0) is 11.4 Å². The molecule has 2 aromatic rings.